The van der Waals surface area contributed by atoms with Gasteiger partial charge in [-0.15, -0.1) is 0 Å². The van der Waals surface area contributed by atoms with Gasteiger partial charge in [0.15, 0.2) is 5.82 Å². The molecule has 1 aliphatic heterocycles. The first-order valence-electron chi connectivity index (χ1n) is 9.45. The third-order valence-corrected chi connectivity index (χ3v) is 5.37. The highest BCUT2D eigenvalue weighted by molar-refractivity contribution is 5.94. The maximum atomic E-state index is 12.8. The number of nitrogens with one attached hydrogen (secondary N) is 2. The Morgan fingerprint density at radius 1 is 1.30 bits per heavy atom. The maximum absolute atomic E-state index is 12.8. The van der Waals surface area contributed by atoms with Gasteiger partial charge < -0.3 is 9.88 Å². The van der Waals surface area contributed by atoms with Gasteiger partial charge in [-0.25, -0.2) is 14.9 Å². The fraction of sp³-hybridized carbons (Fsp3) is 0.474. The largest absolute Gasteiger partial charge is 0.343 e. The first-order valence-corrected chi connectivity index (χ1v) is 9.45. The minimum Gasteiger partial charge on any atom is -0.336 e. The van der Waals surface area contributed by atoms with Crippen molar-refractivity contribution in [3.05, 3.63) is 45.9 Å². The van der Waals surface area contributed by atoms with Crippen LogP contribution in [0.3, 0.4) is 0 Å². The lowest BCUT2D eigenvalue weighted by Crippen LogP contribution is -2.39. The van der Waals surface area contributed by atoms with E-state index in [4.69, 9.17) is 0 Å². The molecule has 27 heavy (non-hydrogen) atoms. The molecule has 3 aromatic rings. The van der Waals surface area contributed by atoms with Crippen molar-refractivity contribution < 1.29 is 4.79 Å². The van der Waals surface area contributed by atoms with E-state index in [1.165, 1.54) is 0 Å². The SMILES string of the molecule is CCn1c(CC2CCN(C(=O)c3nc4ccc(C)cc4[nH]3)CC2)n[nH]c1=O. The van der Waals surface area contributed by atoms with Gasteiger partial charge in [-0.3, -0.25) is 9.36 Å². The van der Waals surface area contributed by atoms with E-state index < -0.39 is 0 Å². The molecule has 0 radical (unpaired) electrons. The quantitative estimate of drug-likeness (QED) is 0.734. The van der Waals surface area contributed by atoms with Crippen LogP contribution in [-0.4, -0.2) is 48.6 Å². The van der Waals surface area contributed by atoms with Gasteiger partial charge in [-0.2, -0.15) is 5.10 Å². The Morgan fingerprint density at radius 2 is 2.07 bits per heavy atom. The van der Waals surface area contributed by atoms with E-state index in [9.17, 15) is 9.59 Å². The minimum atomic E-state index is -0.153. The summed E-state index contributed by atoms with van der Waals surface area (Å²) in [6.45, 7) is 5.97. The van der Waals surface area contributed by atoms with Crippen LogP contribution in [0.25, 0.3) is 11.0 Å². The van der Waals surface area contributed by atoms with E-state index in [-0.39, 0.29) is 11.6 Å². The van der Waals surface area contributed by atoms with Crippen molar-refractivity contribution in [2.24, 2.45) is 5.92 Å². The van der Waals surface area contributed by atoms with Crippen LogP contribution < -0.4 is 5.69 Å². The molecule has 0 aliphatic carbocycles. The molecule has 0 bridgehead atoms. The summed E-state index contributed by atoms with van der Waals surface area (Å²) in [4.78, 5) is 33.9. The third kappa shape index (κ3) is 3.39. The summed E-state index contributed by atoms with van der Waals surface area (Å²) < 4.78 is 1.67. The number of aromatic amines is 2. The Morgan fingerprint density at radius 3 is 2.81 bits per heavy atom. The molecule has 0 atom stereocenters. The van der Waals surface area contributed by atoms with Gasteiger partial charge in [0, 0.05) is 26.1 Å². The smallest absolute Gasteiger partial charge is 0.336 e. The lowest BCUT2D eigenvalue weighted by Gasteiger charge is -2.31. The first kappa shape index (κ1) is 17.5. The number of likely N-dealkylation sites (tertiary alicyclic amines) is 1. The number of hydrogen-bond acceptors (Lipinski definition) is 4. The van der Waals surface area contributed by atoms with Crippen LogP contribution in [0.15, 0.2) is 23.0 Å². The van der Waals surface area contributed by atoms with Crippen LogP contribution >= 0.6 is 0 Å². The number of nitrogens with zero attached hydrogens (tertiary/aromatic N) is 4. The summed E-state index contributed by atoms with van der Waals surface area (Å²) in [6, 6.07) is 5.93. The molecule has 8 heteroatoms. The highest BCUT2D eigenvalue weighted by Gasteiger charge is 2.26. The summed E-state index contributed by atoms with van der Waals surface area (Å²) in [5.74, 6) is 1.58. The molecule has 1 aromatic carbocycles. The van der Waals surface area contributed by atoms with Crippen LogP contribution in [0.4, 0.5) is 0 Å². The summed E-state index contributed by atoms with van der Waals surface area (Å²) in [5, 5.41) is 6.67. The van der Waals surface area contributed by atoms with E-state index in [0.717, 1.165) is 41.7 Å². The number of carbonyl (C=O) groups excluding carboxylic acids is 1. The first-order chi connectivity index (χ1) is 13.0. The van der Waals surface area contributed by atoms with Crippen molar-refractivity contribution in [3.8, 4) is 0 Å². The Bertz CT molecular complexity index is 1020. The second-order valence-corrected chi connectivity index (χ2v) is 7.23. The second-order valence-electron chi connectivity index (χ2n) is 7.23. The van der Waals surface area contributed by atoms with Crippen molar-refractivity contribution in [1.82, 2.24) is 29.6 Å². The monoisotopic (exact) mass is 368 g/mol. The Labute approximate surface area is 156 Å². The second kappa shape index (κ2) is 7.02. The zero-order chi connectivity index (χ0) is 19.0. The fourth-order valence-electron chi connectivity index (χ4n) is 3.81. The van der Waals surface area contributed by atoms with Gasteiger partial charge in [0.2, 0.25) is 0 Å². The molecular formula is C19H24N6O2. The van der Waals surface area contributed by atoms with Gasteiger partial charge in [0.05, 0.1) is 11.0 Å². The number of H-pyrrole nitrogens is 2. The van der Waals surface area contributed by atoms with Crippen molar-refractivity contribution in [2.75, 3.05) is 13.1 Å². The summed E-state index contributed by atoms with van der Waals surface area (Å²) in [7, 11) is 0. The number of aromatic nitrogens is 5. The Kier molecular flexibility index (Phi) is 4.55. The average Bonchev–Trinajstić information content (AvgIpc) is 3.24. The maximum Gasteiger partial charge on any atom is 0.343 e. The summed E-state index contributed by atoms with van der Waals surface area (Å²) in [5.41, 5.74) is 2.69. The number of imidazole rings is 1. The van der Waals surface area contributed by atoms with Gasteiger partial charge >= 0.3 is 5.69 Å². The minimum absolute atomic E-state index is 0.0486. The summed E-state index contributed by atoms with van der Waals surface area (Å²) in [6.07, 6.45) is 2.56. The van der Waals surface area contributed by atoms with E-state index in [1.807, 2.05) is 36.9 Å². The zero-order valence-corrected chi connectivity index (χ0v) is 15.7. The third-order valence-electron chi connectivity index (χ3n) is 5.37. The Balaban J connectivity index is 1.40. The predicted molar refractivity (Wildman–Crippen MR) is 102 cm³/mol. The highest BCUT2D eigenvalue weighted by Crippen LogP contribution is 2.22. The van der Waals surface area contributed by atoms with Crippen molar-refractivity contribution in [1.29, 1.82) is 0 Å². The van der Waals surface area contributed by atoms with Crippen LogP contribution in [0.2, 0.25) is 0 Å². The number of carbonyl (C=O) groups is 1. The molecule has 0 saturated carbocycles. The van der Waals surface area contributed by atoms with Crippen molar-refractivity contribution >= 4 is 16.9 Å². The topological polar surface area (TPSA) is 99.7 Å². The van der Waals surface area contributed by atoms with E-state index in [2.05, 4.69) is 20.2 Å². The van der Waals surface area contributed by atoms with Crippen LogP contribution in [0, 0.1) is 12.8 Å². The van der Waals surface area contributed by atoms with E-state index >= 15 is 0 Å². The average molecular weight is 368 g/mol. The normalized spacial score (nSPS) is 15.6. The fourth-order valence-corrected chi connectivity index (χ4v) is 3.81. The molecule has 142 valence electrons. The molecule has 2 N–H and O–H groups in total. The van der Waals surface area contributed by atoms with Crippen LogP contribution in [-0.2, 0) is 13.0 Å². The predicted octanol–water partition coefficient (Wildman–Crippen LogP) is 1.87. The van der Waals surface area contributed by atoms with Crippen molar-refractivity contribution in [2.45, 2.75) is 39.7 Å². The molecule has 0 unspecified atom stereocenters. The molecule has 2 aromatic heterocycles. The molecule has 0 spiro atoms. The highest BCUT2D eigenvalue weighted by atomic mass is 16.2. The zero-order valence-electron chi connectivity index (χ0n) is 15.7. The molecule has 8 nitrogen and oxygen atoms in total. The van der Waals surface area contributed by atoms with E-state index in [0.29, 0.717) is 31.4 Å². The molecular weight excluding hydrogens is 344 g/mol. The lowest BCUT2D eigenvalue weighted by atomic mass is 9.93. The summed E-state index contributed by atoms with van der Waals surface area (Å²) >= 11 is 0. The van der Waals surface area contributed by atoms with E-state index in [1.54, 1.807) is 4.57 Å². The van der Waals surface area contributed by atoms with Crippen molar-refractivity contribution in [3.63, 3.8) is 0 Å². The van der Waals surface area contributed by atoms with Gasteiger partial charge in [-0.1, -0.05) is 6.07 Å². The van der Waals surface area contributed by atoms with Gasteiger partial charge in [-0.05, 0) is 50.3 Å². The number of amides is 1. The van der Waals surface area contributed by atoms with Gasteiger partial charge in [0.1, 0.15) is 5.82 Å². The van der Waals surface area contributed by atoms with Crippen LogP contribution in [0.1, 0.15) is 41.8 Å². The molecule has 1 saturated heterocycles. The Hall–Kier alpha value is -2.90. The number of fused-ring (bicyclic) bond motifs is 1. The molecule has 1 aliphatic rings. The van der Waals surface area contributed by atoms with Gasteiger partial charge in [0.25, 0.3) is 5.91 Å². The van der Waals surface area contributed by atoms with Crippen LogP contribution in [0.5, 0.6) is 0 Å². The lowest BCUT2D eigenvalue weighted by molar-refractivity contribution is 0.0678. The number of hydrogen-bond donors (Lipinski definition) is 2. The standard InChI is InChI=1S/C19H24N6O2/c1-3-25-16(22-23-19(25)27)11-13-6-8-24(9-7-13)18(26)17-20-14-5-4-12(2)10-15(14)21-17/h4-5,10,13H,3,6-9,11H2,1-2H3,(H,20,21)(H,23,27). The molecule has 4 rings (SSSR count). The molecule has 1 amide bonds. The molecule has 1 fully saturated rings. The molecule has 3 heterocycles. The number of aryl methyl sites for hydroxylation is 1. The number of benzene rings is 1. The number of piperidine rings is 1. The number of rotatable bonds is 4.